The molecule has 1 aromatic carbocycles. The summed E-state index contributed by atoms with van der Waals surface area (Å²) in [4.78, 5) is 17.4. The van der Waals surface area contributed by atoms with Crippen LogP contribution in [0, 0.1) is 23.2 Å². The van der Waals surface area contributed by atoms with E-state index in [1.165, 1.54) is 6.20 Å². The third-order valence-electron chi connectivity index (χ3n) is 5.98. The SMILES string of the molecule is CN1CCC(F)(F)CC1.CS(=O)C(C)(C)C#Cc1cc2cc(C=O)cnc2n1-c1ccc(C#N)cc1. The number of aldehydes is 1. The number of pyridine rings is 1. The van der Waals surface area contributed by atoms with E-state index in [-0.39, 0.29) is 12.8 Å². The average molecular weight is 511 g/mol. The van der Waals surface area contributed by atoms with Crippen molar-refractivity contribution in [2.75, 3.05) is 26.4 Å². The Morgan fingerprint density at radius 2 is 1.81 bits per heavy atom. The zero-order chi connectivity index (χ0) is 26.5. The number of carbonyl (C=O) groups excluding carboxylic acids is 1. The number of nitriles is 1. The molecule has 0 radical (unpaired) electrons. The zero-order valence-corrected chi connectivity index (χ0v) is 21.5. The molecular weight excluding hydrogens is 482 g/mol. The highest BCUT2D eigenvalue weighted by Gasteiger charge is 2.32. The van der Waals surface area contributed by atoms with Gasteiger partial charge in [-0.15, -0.1) is 0 Å². The summed E-state index contributed by atoms with van der Waals surface area (Å²) in [6.45, 7) is 4.72. The Morgan fingerprint density at radius 3 is 2.33 bits per heavy atom. The fraction of sp³-hybridized carbons (Fsp3) is 0.370. The van der Waals surface area contributed by atoms with Crippen molar-refractivity contribution in [3.8, 4) is 23.6 Å². The van der Waals surface area contributed by atoms with E-state index in [0.29, 0.717) is 35.6 Å². The predicted octanol–water partition coefficient (Wildman–Crippen LogP) is 4.57. The highest BCUT2D eigenvalue weighted by molar-refractivity contribution is 7.85. The number of rotatable bonds is 3. The lowest BCUT2D eigenvalue weighted by molar-refractivity contribution is -0.0504. The van der Waals surface area contributed by atoms with Gasteiger partial charge in [0.05, 0.1) is 17.3 Å². The number of piperidine rings is 1. The van der Waals surface area contributed by atoms with Crippen LogP contribution in [0.4, 0.5) is 8.78 Å². The number of aromatic nitrogens is 2. The van der Waals surface area contributed by atoms with Gasteiger partial charge in [-0.1, -0.05) is 5.92 Å². The second-order valence-corrected chi connectivity index (χ2v) is 11.1. The molecule has 0 aliphatic carbocycles. The molecule has 3 aromatic rings. The minimum Gasteiger partial charge on any atom is -0.306 e. The summed E-state index contributed by atoms with van der Waals surface area (Å²) in [6, 6.07) is 12.8. The molecule has 1 aliphatic heterocycles. The molecule has 0 N–H and O–H groups in total. The van der Waals surface area contributed by atoms with E-state index in [2.05, 4.69) is 22.9 Å². The monoisotopic (exact) mass is 510 g/mol. The number of hydrogen-bond donors (Lipinski definition) is 0. The molecule has 1 saturated heterocycles. The summed E-state index contributed by atoms with van der Waals surface area (Å²) in [5.74, 6) is 3.81. The van der Waals surface area contributed by atoms with Gasteiger partial charge in [0.1, 0.15) is 10.4 Å². The number of halogens is 2. The van der Waals surface area contributed by atoms with Crippen molar-refractivity contribution in [3.63, 3.8) is 0 Å². The zero-order valence-electron chi connectivity index (χ0n) is 20.7. The van der Waals surface area contributed by atoms with Crippen LogP contribution in [-0.4, -0.2) is 62.0 Å². The van der Waals surface area contributed by atoms with Crippen LogP contribution in [0.5, 0.6) is 0 Å². The van der Waals surface area contributed by atoms with Crippen LogP contribution in [0.25, 0.3) is 16.7 Å². The molecule has 0 amide bonds. The van der Waals surface area contributed by atoms with E-state index < -0.39 is 21.5 Å². The number of alkyl halides is 2. The number of fused-ring (bicyclic) bond motifs is 1. The van der Waals surface area contributed by atoms with Gasteiger partial charge in [0.2, 0.25) is 0 Å². The van der Waals surface area contributed by atoms with Gasteiger partial charge in [0.15, 0.2) is 6.29 Å². The Bertz CT molecular complexity index is 1370. The van der Waals surface area contributed by atoms with E-state index in [4.69, 9.17) is 5.26 Å². The standard InChI is InChI=1S/C21H17N3O2S.C6H11F2N/c1-21(2,27(3)26)9-8-19-11-17-10-16(14-25)13-23-20(17)24(19)18-6-4-15(12-22)5-7-18;1-9-4-2-6(7,8)3-5-9/h4-7,10-11,13-14H,1-3H3;2-5H2,1H3. The topological polar surface area (TPSA) is 79.0 Å². The van der Waals surface area contributed by atoms with Crippen LogP contribution in [-0.2, 0) is 10.8 Å². The van der Waals surface area contributed by atoms with Gasteiger partial charge >= 0.3 is 0 Å². The van der Waals surface area contributed by atoms with E-state index in [1.54, 1.807) is 24.5 Å². The number of likely N-dealkylation sites (tertiary alicyclic amines) is 1. The van der Waals surface area contributed by atoms with Crippen molar-refractivity contribution in [2.45, 2.75) is 37.4 Å². The minimum absolute atomic E-state index is 0.0312. The van der Waals surface area contributed by atoms with Gasteiger partial charge in [-0.2, -0.15) is 5.26 Å². The number of carbonyl (C=O) groups is 1. The minimum atomic E-state index is -2.38. The van der Waals surface area contributed by atoms with Crippen molar-refractivity contribution in [3.05, 3.63) is 59.4 Å². The second kappa shape index (κ2) is 11.1. The molecule has 1 aliphatic rings. The van der Waals surface area contributed by atoms with E-state index in [0.717, 1.165) is 17.4 Å². The molecule has 1 fully saturated rings. The Hall–Kier alpha value is -3.40. The van der Waals surface area contributed by atoms with E-state index in [9.17, 15) is 17.8 Å². The highest BCUT2D eigenvalue weighted by Crippen LogP contribution is 2.26. The number of hydrogen-bond acceptors (Lipinski definition) is 5. The predicted molar refractivity (Wildman–Crippen MR) is 138 cm³/mol. The highest BCUT2D eigenvalue weighted by atomic mass is 32.2. The van der Waals surface area contributed by atoms with E-state index >= 15 is 0 Å². The van der Waals surface area contributed by atoms with Gasteiger partial charge in [-0.3, -0.25) is 13.6 Å². The van der Waals surface area contributed by atoms with Crippen molar-refractivity contribution < 1.29 is 17.8 Å². The molecule has 9 heteroatoms. The van der Waals surface area contributed by atoms with Crippen molar-refractivity contribution in [2.24, 2.45) is 0 Å². The molecule has 0 spiro atoms. The normalized spacial score (nSPS) is 16.1. The summed E-state index contributed by atoms with van der Waals surface area (Å²) >= 11 is 0. The summed E-state index contributed by atoms with van der Waals surface area (Å²) < 4.78 is 37.8. The van der Waals surface area contributed by atoms with Gasteiger partial charge in [0.25, 0.3) is 5.92 Å². The van der Waals surface area contributed by atoms with Gasteiger partial charge in [-0.05, 0) is 63.2 Å². The largest absolute Gasteiger partial charge is 0.306 e. The van der Waals surface area contributed by atoms with Crippen molar-refractivity contribution in [1.82, 2.24) is 14.5 Å². The maximum Gasteiger partial charge on any atom is 0.250 e. The lowest BCUT2D eigenvalue weighted by Crippen LogP contribution is -2.36. The summed E-state index contributed by atoms with van der Waals surface area (Å²) in [7, 11) is 0.762. The fourth-order valence-corrected chi connectivity index (χ4v) is 3.64. The Kier molecular flexibility index (Phi) is 8.39. The molecule has 1 unspecified atom stereocenters. The maximum absolute atomic E-state index is 12.4. The third-order valence-corrected chi connectivity index (χ3v) is 7.52. The van der Waals surface area contributed by atoms with Crippen LogP contribution >= 0.6 is 0 Å². The summed E-state index contributed by atoms with van der Waals surface area (Å²) in [5.41, 5.74) is 3.17. The van der Waals surface area contributed by atoms with Crippen LogP contribution in [0.3, 0.4) is 0 Å². The fourth-order valence-electron chi connectivity index (χ4n) is 3.45. The van der Waals surface area contributed by atoms with Gasteiger partial charge < -0.3 is 4.90 Å². The molecule has 0 saturated carbocycles. The molecule has 2 aromatic heterocycles. The Balaban J connectivity index is 0.000000338. The summed E-state index contributed by atoms with van der Waals surface area (Å²) in [5, 5.41) is 9.80. The average Bonchev–Trinajstić information content (AvgIpc) is 3.22. The van der Waals surface area contributed by atoms with Gasteiger partial charge in [-0.25, -0.2) is 13.8 Å². The first-order chi connectivity index (χ1) is 17.0. The molecular formula is C27H28F2N4O2S. The van der Waals surface area contributed by atoms with Crippen LogP contribution in [0.2, 0.25) is 0 Å². The van der Waals surface area contributed by atoms with E-state index in [1.807, 2.05) is 48.6 Å². The van der Waals surface area contributed by atoms with Crippen LogP contribution < -0.4 is 0 Å². The number of benzene rings is 1. The molecule has 4 rings (SSSR count). The smallest absolute Gasteiger partial charge is 0.250 e. The molecule has 36 heavy (non-hydrogen) atoms. The summed E-state index contributed by atoms with van der Waals surface area (Å²) in [6.07, 6.45) is 3.95. The molecule has 3 heterocycles. The lowest BCUT2D eigenvalue weighted by atomic mass is 10.1. The lowest BCUT2D eigenvalue weighted by Gasteiger charge is -2.28. The quantitative estimate of drug-likeness (QED) is 0.381. The number of nitrogens with zero attached hydrogens (tertiary/aromatic N) is 4. The van der Waals surface area contributed by atoms with Crippen LogP contribution in [0.1, 0.15) is 48.3 Å². The first-order valence-corrected chi connectivity index (χ1v) is 12.9. The molecule has 6 nitrogen and oxygen atoms in total. The second-order valence-electron chi connectivity index (χ2n) is 9.20. The van der Waals surface area contributed by atoms with Crippen LogP contribution in [0.15, 0.2) is 42.6 Å². The van der Waals surface area contributed by atoms with Crippen molar-refractivity contribution in [1.29, 1.82) is 5.26 Å². The Labute approximate surface area is 212 Å². The molecule has 1 atom stereocenters. The van der Waals surface area contributed by atoms with Crippen molar-refractivity contribution >= 4 is 28.1 Å². The Morgan fingerprint density at radius 1 is 1.17 bits per heavy atom. The molecule has 0 bridgehead atoms. The van der Waals surface area contributed by atoms with Gasteiger partial charge in [0, 0.05) is 65.8 Å². The molecule has 188 valence electrons. The third kappa shape index (κ3) is 6.63. The maximum atomic E-state index is 12.4. The first kappa shape index (κ1) is 27.2. The first-order valence-electron chi connectivity index (χ1n) is 11.4.